The zero-order valence-corrected chi connectivity index (χ0v) is 14.1. The highest BCUT2D eigenvalue weighted by molar-refractivity contribution is 6.00. The Morgan fingerprint density at radius 1 is 1.22 bits per heavy atom. The van der Waals surface area contributed by atoms with Gasteiger partial charge in [-0.3, -0.25) is 9.59 Å². The van der Waals surface area contributed by atoms with Gasteiger partial charge in [0.1, 0.15) is 18.6 Å². The molecule has 0 spiro atoms. The van der Waals surface area contributed by atoms with Gasteiger partial charge in [-0.05, 0) is 12.8 Å². The third-order valence-corrected chi connectivity index (χ3v) is 4.03. The summed E-state index contributed by atoms with van der Waals surface area (Å²) in [5.74, 6) is -2.20. The number of rotatable bonds is 10. The number of amides is 1. The van der Waals surface area contributed by atoms with Crippen molar-refractivity contribution in [2.75, 3.05) is 13.7 Å². The second kappa shape index (κ2) is 10.0. The second-order valence-electron chi connectivity index (χ2n) is 5.80. The van der Waals surface area contributed by atoms with Crippen LogP contribution in [0.3, 0.4) is 0 Å². The number of hydrogen-bond donors (Lipinski definition) is 1. The highest BCUT2D eigenvalue weighted by atomic mass is 16.6. The first-order valence-corrected chi connectivity index (χ1v) is 8.25. The summed E-state index contributed by atoms with van der Waals surface area (Å²) in [5.41, 5.74) is 0.156. The normalized spacial score (nSPS) is 20.3. The van der Waals surface area contributed by atoms with E-state index in [4.69, 9.17) is 4.74 Å². The lowest BCUT2D eigenvalue weighted by Crippen LogP contribution is -2.38. The molecule has 1 unspecified atom stereocenters. The molecule has 1 aliphatic heterocycles. The summed E-state index contributed by atoms with van der Waals surface area (Å²) in [5, 5.41) is 2.47. The molecule has 1 N–H and O–H groups in total. The molecule has 1 saturated heterocycles. The van der Waals surface area contributed by atoms with Crippen LogP contribution in [-0.2, 0) is 23.9 Å². The number of cyclic esters (lactones) is 1. The van der Waals surface area contributed by atoms with Gasteiger partial charge in [0.15, 0.2) is 0 Å². The zero-order valence-electron chi connectivity index (χ0n) is 14.1. The van der Waals surface area contributed by atoms with Crippen LogP contribution in [0.5, 0.6) is 0 Å². The molecule has 0 aromatic carbocycles. The number of unbranched alkanes of at least 4 members (excludes halogenated alkanes) is 5. The minimum Gasteiger partial charge on any atom is -0.468 e. The molecular weight excluding hydrogens is 298 g/mol. The number of esters is 2. The summed E-state index contributed by atoms with van der Waals surface area (Å²) in [6, 6.07) is 0. The first-order chi connectivity index (χ1) is 11.0. The topological polar surface area (TPSA) is 81.7 Å². The smallest absolute Gasteiger partial charge is 0.334 e. The van der Waals surface area contributed by atoms with E-state index in [1.54, 1.807) is 0 Å². The average Bonchev–Trinajstić information content (AvgIpc) is 2.82. The molecule has 1 aliphatic rings. The van der Waals surface area contributed by atoms with Gasteiger partial charge in [-0.15, -0.1) is 0 Å². The summed E-state index contributed by atoms with van der Waals surface area (Å²) in [7, 11) is 1.25. The van der Waals surface area contributed by atoms with Crippen molar-refractivity contribution in [2.45, 2.75) is 58.0 Å². The summed E-state index contributed by atoms with van der Waals surface area (Å²) in [4.78, 5) is 35.0. The lowest BCUT2D eigenvalue weighted by molar-refractivity contribution is -0.143. The number of carbonyl (C=O) groups is 3. The number of hydrogen-bond acceptors (Lipinski definition) is 5. The fourth-order valence-electron chi connectivity index (χ4n) is 2.65. The van der Waals surface area contributed by atoms with E-state index < -0.39 is 29.9 Å². The van der Waals surface area contributed by atoms with Crippen molar-refractivity contribution in [3.8, 4) is 0 Å². The van der Waals surface area contributed by atoms with Crippen LogP contribution in [0.4, 0.5) is 0 Å². The summed E-state index contributed by atoms with van der Waals surface area (Å²) in [6.45, 7) is 5.60. The molecule has 0 bridgehead atoms. The molecule has 0 radical (unpaired) electrons. The van der Waals surface area contributed by atoms with E-state index in [2.05, 4.69) is 23.6 Å². The number of ether oxygens (including phenoxy) is 2. The van der Waals surface area contributed by atoms with Crippen LogP contribution < -0.4 is 5.32 Å². The van der Waals surface area contributed by atoms with Crippen LogP contribution in [-0.4, -0.2) is 37.6 Å². The van der Waals surface area contributed by atoms with E-state index in [9.17, 15) is 14.4 Å². The van der Waals surface area contributed by atoms with Crippen molar-refractivity contribution in [1.82, 2.24) is 5.32 Å². The van der Waals surface area contributed by atoms with E-state index in [-0.39, 0.29) is 12.1 Å². The minimum absolute atomic E-state index is 0.156. The average molecular weight is 325 g/mol. The third kappa shape index (κ3) is 6.04. The summed E-state index contributed by atoms with van der Waals surface area (Å²) < 4.78 is 9.73. The Bertz CT molecular complexity index is 446. The maximum Gasteiger partial charge on any atom is 0.334 e. The van der Waals surface area contributed by atoms with Crippen LogP contribution in [0, 0.1) is 5.92 Å². The minimum atomic E-state index is -0.720. The molecule has 1 fully saturated rings. The standard InChI is InChI=1S/C17H27NO5/c1-4-5-6-7-8-9-10-13-15(12(2)17(21)23-13)16(20)18-11-14(19)22-3/h13,15H,2,4-11H2,1,3H3,(H,18,20)/t13-,15?/m0/s1. The van der Waals surface area contributed by atoms with Crippen molar-refractivity contribution in [3.05, 3.63) is 12.2 Å². The van der Waals surface area contributed by atoms with Gasteiger partial charge in [-0.25, -0.2) is 4.79 Å². The summed E-state index contributed by atoms with van der Waals surface area (Å²) in [6.07, 6.45) is 6.88. The molecule has 0 aliphatic carbocycles. The Morgan fingerprint density at radius 3 is 2.52 bits per heavy atom. The highest BCUT2D eigenvalue weighted by Gasteiger charge is 2.42. The van der Waals surface area contributed by atoms with Gasteiger partial charge in [0.25, 0.3) is 0 Å². The number of methoxy groups -OCH3 is 1. The van der Waals surface area contributed by atoms with Crippen LogP contribution in [0.2, 0.25) is 0 Å². The second-order valence-corrected chi connectivity index (χ2v) is 5.80. The molecule has 1 heterocycles. The van der Waals surface area contributed by atoms with E-state index in [1.807, 2.05) is 0 Å². The third-order valence-electron chi connectivity index (χ3n) is 4.03. The molecular formula is C17H27NO5. The molecule has 1 amide bonds. The maximum atomic E-state index is 12.2. The Kier molecular flexibility index (Phi) is 8.37. The Hall–Kier alpha value is -1.85. The van der Waals surface area contributed by atoms with Crippen molar-refractivity contribution < 1.29 is 23.9 Å². The van der Waals surface area contributed by atoms with E-state index in [1.165, 1.54) is 26.4 Å². The quantitative estimate of drug-likeness (QED) is 0.378. The molecule has 0 saturated carbocycles. The molecule has 0 aromatic rings. The van der Waals surface area contributed by atoms with Crippen LogP contribution in [0.15, 0.2) is 12.2 Å². The molecule has 2 atom stereocenters. The lowest BCUT2D eigenvalue weighted by atomic mass is 9.92. The zero-order chi connectivity index (χ0) is 17.2. The molecule has 6 nitrogen and oxygen atoms in total. The Balaban J connectivity index is 2.46. The van der Waals surface area contributed by atoms with Crippen LogP contribution in [0.25, 0.3) is 0 Å². The van der Waals surface area contributed by atoms with Gasteiger partial charge in [0.2, 0.25) is 5.91 Å². The number of carbonyl (C=O) groups excluding carboxylic acids is 3. The monoisotopic (exact) mass is 325 g/mol. The fourth-order valence-corrected chi connectivity index (χ4v) is 2.65. The largest absolute Gasteiger partial charge is 0.468 e. The van der Waals surface area contributed by atoms with Gasteiger partial charge in [-0.1, -0.05) is 45.6 Å². The van der Waals surface area contributed by atoms with E-state index in [0.717, 1.165) is 19.3 Å². The van der Waals surface area contributed by atoms with Crippen molar-refractivity contribution in [2.24, 2.45) is 5.92 Å². The summed E-state index contributed by atoms with van der Waals surface area (Å²) >= 11 is 0. The highest BCUT2D eigenvalue weighted by Crippen LogP contribution is 2.30. The first kappa shape index (κ1) is 19.2. The van der Waals surface area contributed by atoms with Gasteiger partial charge >= 0.3 is 11.9 Å². The van der Waals surface area contributed by atoms with Gasteiger partial charge in [0.05, 0.1) is 7.11 Å². The van der Waals surface area contributed by atoms with Gasteiger partial charge < -0.3 is 14.8 Å². The van der Waals surface area contributed by atoms with Crippen molar-refractivity contribution in [3.63, 3.8) is 0 Å². The SMILES string of the molecule is C=C1C(=O)O[C@@H](CCCCCCCC)C1C(=O)NCC(=O)OC. The molecule has 6 heteroatoms. The maximum absolute atomic E-state index is 12.2. The molecule has 130 valence electrons. The Morgan fingerprint density at radius 2 is 1.87 bits per heavy atom. The predicted molar refractivity (Wildman–Crippen MR) is 85.5 cm³/mol. The number of nitrogens with one attached hydrogen (secondary N) is 1. The molecule has 1 rings (SSSR count). The fraction of sp³-hybridized carbons (Fsp3) is 0.706. The van der Waals surface area contributed by atoms with Crippen molar-refractivity contribution >= 4 is 17.8 Å². The van der Waals surface area contributed by atoms with E-state index in [0.29, 0.717) is 6.42 Å². The Labute approximate surface area is 137 Å². The van der Waals surface area contributed by atoms with Crippen LogP contribution in [0.1, 0.15) is 51.9 Å². The van der Waals surface area contributed by atoms with Gasteiger partial charge in [-0.2, -0.15) is 0 Å². The van der Waals surface area contributed by atoms with Gasteiger partial charge in [0, 0.05) is 5.57 Å². The lowest BCUT2D eigenvalue weighted by Gasteiger charge is -2.17. The predicted octanol–water partition coefficient (Wildman–Crippen LogP) is 2.12. The van der Waals surface area contributed by atoms with Crippen LogP contribution >= 0.6 is 0 Å². The van der Waals surface area contributed by atoms with Crippen molar-refractivity contribution in [1.29, 1.82) is 0 Å². The molecule has 23 heavy (non-hydrogen) atoms. The van der Waals surface area contributed by atoms with E-state index >= 15 is 0 Å². The molecule has 0 aromatic heterocycles. The first-order valence-electron chi connectivity index (χ1n) is 8.25.